The summed E-state index contributed by atoms with van der Waals surface area (Å²) in [7, 11) is 0. The molecule has 7 heteroatoms. The van der Waals surface area contributed by atoms with Gasteiger partial charge in [-0.15, -0.1) is 0 Å². The maximum absolute atomic E-state index is 12.5. The van der Waals surface area contributed by atoms with Gasteiger partial charge >= 0.3 is 0 Å². The van der Waals surface area contributed by atoms with Gasteiger partial charge in [-0.05, 0) is 62.4 Å². The largest absolute Gasteiger partial charge is 0.376 e. The number of anilines is 1. The van der Waals surface area contributed by atoms with Crippen molar-refractivity contribution in [3.05, 3.63) is 52.9 Å². The molecule has 1 aromatic heterocycles. The van der Waals surface area contributed by atoms with Crippen LogP contribution in [-0.2, 0) is 9.53 Å². The number of nitrogens with zero attached hydrogens (tertiary/aromatic N) is 4. The zero-order valence-corrected chi connectivity index (χ0v) is 18.6. The van der Waals surface area contributed by atoms with Gasteiger partial charge in [0.15, 0.2) is 0 Å². The first-order chi connectivity index (χ1) is 14.8. The topological polar surface area (TPSA) is 100.0 Å². The zero-order valence-electron chi connectivity index (χ0n) is 18.6. The molecule has 0 atom stereocenters. The summed E-state index contributed by atoms with van der Waals surface area (Å²) in [6, 6.07) is 13.1. The van der Waals surface area contributed by atoms with Crippen LogP contribution in [0, 0.1) is 5.92 Å². The number of nitrogens with one attached hydrogen (secondary N) is 1. The Morgan fingerprint density at radius 2 is 1.87 bits per heavy atom. The highest BCUT2D eigenvalue weighted by molar-refractivity contribution is 5.97. The van der Waals surface area contributed by atoms with Crippen LogP contribution in [-0.4, -0.2) is 23.1 Å². The number of fused-ring (bicyclic) bond motifs is 2. The highest BCUT2D eigenvalue weighted by Gasteiger charge is 2.20. The summed E-state index contributed by atoms with van der Waals surface area (Å²) in [5, 5.41) is 8.53. The molecule has 7 nitrogen and oxygen atoms in total. The van der Waals surface area contributed by atoms with E-state index in [2.05, 4.69) is 34.2 Å². The Morgan fingerprint density at radius 1 is 1.16 bits per heavy atom. The third-order valence-corrected chi connectivity index (χ3v) is 5.18. The number of amides is 1. The lowest BCUT2D eigenvalue weighted by Gasteiger charge is -2.25. The molecule has 0 aliphatic heterocycles. The van der Waals surface area contributed by atoms with Crippen molar-refractivity contribution in [2.45, 2.75) is 52.6 Å². The maximum Gasteiger partial charge on any atom is 0.224 e. The molecule has 2 aromatic carbocycles. The van der Waals surface area contributed by atoms with Crippen LogP contribution in [0.1, 0.15) is 47.0 Å². The molecule has 0 unspecified atom stereocenters. The predicted molar refractivity (Wildman–Crippen MR) is 125 cm³/mol. The molecule has 0 bridgehead atoms. The van der Waals surface area contributed by atoms with Gasteiger partial charge in [-0.2, -0.15) is 0 Å². The van der Waals surface area contributed by atoms with Crippen molar-refractivity contribution in [2.75, 3.05) is 11.9 Å². The van der Waals surface area contributed by atoms with E-state index in [1.54, 1.807) is 12.1 Å². The number of rotatable bonds is 9. The molecular weight excluding hydrogens is 390 g/mol. The summed E-state index contributed by atoms with van der Waals surface area (Å²) in [6.45, 7) is 9.10. The highest BCUT2D eigenvalue weighted by atomic mass is 16.5. The van der Waals surface area contributed by atoms with Gasteiger partial charge in [0.1, 0.15) is 0 Å². The first kappa shape index (κ1) is 22.5. The van der Waals surface area contributed by atoms with E-state index in [-0.39, 0.29) is 11.5 Å². The summed E-state index contributed by atoms with van der Waals surface area (Å²) in [4.78, 5) is 20.0. The molecule has 1 N–H and O–H groups in total. The van der Waals surface area contributed by atoms with Crippen molar-refractivity contribution in [2.24, 2.45) is 11.0 Å². The third-order valence-electron chi connectivity index (χ3n) is 5.18. The van der Waals surface area contributed by atoms with Gasteiger partial charge in [-0.3, -0.25) is 4.79 Å². The number of aromatic nitrogens is 1. The molecule has 0 spiro atoms. The summed E-state index contributed by atoms with van der Waals surface area (Å²) in [6.07, 6.45) is 2.04. The third kappa shape index (κ3) is 6.41. The summed E-state index contributed by atoms with van der Waals surface area (Å²) in [5.74, 6) is 0.551. The average molecular weight is 420 g/mol. The molecule has 0 saturated heterocycles. The standard InChI is InChI=1S/C24H29N5O2/c1-16(2)10-12-31-24(3,4)11-9-23(30)26-19-7-5-17-13-18-6-8-20(28-29-25)15-22(18)27-21(17)14-19/h5-8,13-16H,9-12H2,1-4H3,(H,26,30). The number of carbonyl (C=O) groups is 1. The molecule has 0 fully saturated rings. The molecule has 1 amide bonds. The number of hydrogen-bond acceptors (Lipinski definition) is 4. The van der Waals surface area contributed by atoms with Crippen molar-refractivity contribution in [1.82, 2.24) is 4.98 Å². The minimum absolute atomic E-state index is 0.0497. The molecule has 0 aliphatic carbocycles. The van der Waals surface area contributed by atoms with E-state index < -0.39 is 0 Å². The Bertz CT molecular complexity index is 1130. The van der Waals surface area contributed by atoms with Crippen LogP contribution in [0.2, 0.25) is 0 Å². The van der Waals surface area contributed by atoms with E-state index in [4.69, 9.17) is 10.3 Å². The molecule has 1 heterocycles. The van der Waals surface area contributed by atoms with Crippen LogP contribution < -0.4 is 5.32 Å². The fourth-order valence-electron chi connectivity index (χ4n) is 3.28. The normalized spacial score (nSPS) is 11.6. The second-order valence-corrected chi connectivity index (χ2v) is 8.80. The lowest BCUT2D eigenvalue weighted by molar-refractivity contribution is -0.118. The van der Waals surface area contributed by atoms with Crippen molar-refractivity contribution in [1.29, 1.82) is 0 Å². The number of pyridine rings is 1. The zero-order chi connectivity index (χ0) is 22.4. The molecule has 3 rings (SSSR count). The number of carbonyl (C=O) groups excluding carboxylic acids is 1. The number of azide groups is 1. The Morgan fingerprint density at radius 3 is 2.58 bits per heavy atom. The van der Waals surface area contributed by atoms with E-state index in [0.29, 0.717) is 36.7 Å². The monoisotopic (exact) mass is 419 g/mol. The van der Waals surface area contributed by atoms with Crippen molar-refractivity contribution >= 4 is 39.1 Å². The Balaban J connectivity index is 1.67. The second-order valence-electron chi connectivity index (χ2n) is 8.80. The summed E-state index contributed by atoms with van der Waals surface area (Å²) in [5.41, 5.74) is 11.0. The first-order valence-electron chi connectivity index (χ1n) is 10.6. The van der Waals surface area contributed by atoms with E-state index >= 15 is 0 Å². The SMILES string of the molecule is CC(C)CCOC(C)(C)CCC(=O)Nc1ccc2cc3ccc(N=[N+]=[N-])cc3nc2c1. The Hall–Kier alpha value is -3.15. The molecule has 31 heavy (non-hydrogen) atoms. The van der Waals surface area contributed by atoms with Crippen LogP contribution in [0.15, 0.2) is 47.6 Å². The predicted octanol–water partition coefficient (Wildman–Crippen LogP) is 6.89. The van der Waals surface area contributed by atoms with Gasteiger partial charge in [-0.1, -0.05) is 37.2 Å². The van der Waals surface area contributed by atoms with E-state index in [1.165, 1.54) is 0 Å². The van der Waals surface area contributed by atoms with Crippen molar-refractivity contribution in [3.63, 3.8) is 0 Å². The van der Waals surface area contributed by atoms with Gasteiger partial charge in [0, 0.05) is 40.1 Å². The lowest BCUT2D eigenvalue weighted by atomic mass is 10.0. The maximum atomic E-state index is 12.5. The number of benzene rings is 2. The molecule has 162 valence electrons. The van der Waals surface area contributed by atoms with Crippen LogP contribution in [0.4, 0.5) is 11.4 Å². The molecule has 0 radical (unpaired) electrons. The minimum atomic E-state index is -0.334. The molecule has 0 aliphatic rings. The molecule has 0 saturated carbocycles. The van der Waals surface area contributed by atoms with Crippen molar-refractivity contribution < 1.29 is 9.53 Å². The fourth-order valence-corrected chi connectivity index (χ4v) is 3.28. The van der Waals surface area contributed by atoms with E-state index in [9.17, 15) is 4.79 Å². The average Bonchev–Trinajstić information content (AvgIpc) is 2.71. The molecular formula is C24H29N5O2. The lowest BCUT2D eigenvalue weighted by Crippen LogP contribution is -2.27. The Kier molecular flexibility index (Phi) is 7.10. The van der Waals surface area contributed by atoms with Crippen molar-refractivity contribution in [3.8, 4) is 0 Å². The first-order valence-corrected chi connectivity index (χ1v) is 10.6. The van der Waals surface area contributed by atoms with Crippen LogP contribution >= 0.6 is 0 Å². The summed E-state index contributed by atoms with van der Waals surface area (Å²) >= 11 is 0. The molecule has 3 aromatic rings. The van der Waals surface area contributed by atoms with E-state index in [0.717, 1.165) is 28.2 Å². The van der Waals surface area contributed by atoms with Crippen LogP contribution in [0.25, 0.3) is 32.2 Å². The van der Waals surface area contributed by atoms with Crippen LogP contribution in [0.5, 0.6) is 0 Å². The van der Waals surface area contributed by atoms with Gasteiger partial charge in [0.05, 0.1) is 16.6 Å². The minimum Gasteiger partial charge on any atom is -0.376 e. The Labute approximate surface area is 182 Å². The fraction of sp³-hybridized carbons (Fsp3) is 0.417. The van der Waals surface area contributed by atoms with Gasteiger partial charge in [-0.25, -0.2) is 4.98 Å². The second kappa shape index (κ2) is 9.77. The van der Waals surface area contributed by atoms with Gasteiger partial charge in [0.25, 0.3) is 0 Å². The van der Waals surface area contributed by atoms with Crippen LogP contribution in [0.3, 0.4) is 0 Å². The van der Waals surface area contributed by atoms with Gasteiger partial charge < -0.3 is 10.1 Å². The quantitative estimate of drug-likeness (QED) is 0.177. The smallest absolute Gasteiger partial charge is 0.224 e. The highest BCUT2D eigenvalue weighted by Crippen LogP contribution is 2.26. The number of hydrogen-bond donors (Lipinski definition) is 1. The van der Waals surface area contributed by atoms with Gasteiger partial charge in [0.2, 0.25) is 5.91 Å². The summed E-state index contributed by atoms with van der Waals surface area (Å²) < 4.78 is 5.95. The number of ether oxygens (including phenoxy) is 1. The van der Waals surface area contributed by atoms with E-state index in [1.807, 2.05) is 44.2 Å².